The minimum absolute atomic E-state index is 1.06. The second kappa shape index (κ2) is 5.56. The Kier molecular flexibility index (Phi) is 6.04. The van der Waals surface area contributed by atoms with Gasteiger partial charge in [-0.15, -0.1) is 0 Å². The maximum atomic E-state index is 2.28. The Hall–Kier alpha value is 0.780. The Morgan fingerprint density at radius 2 is 2.33 bits per heavy atom. The molecule has 0 fully saturated rings. The van der Waals surface area contributed by atoms with Crippen LogP contribution in [0.25, 0.3) is 0 Å². The van der Waals surface area contributed by atoms with Crippen LogP contribution in [-0.4, -0.2) is 17.9 Å². The van der Waals surface area contributed by atoms with Gasteiger partial charge in [0, 0.05) is 27.8 Å². The van der Waals surface area contributed by atoms with Gasteiger partial charge in [-0.05, 0) is 30.0 Å². The summed E-state index contributed by atoms with van der Waals surface area (Å²) in [4.78, 5) is 0. The Bertz CT molecular complexity index is 103. The topological polar surface area (TPSA) is 3.24 Å². The van der Waals surface area contributed by atoms with Crippen molar-refractivity contribution in [3.05, 3.63) is 11.6 Å². The molecule has 0 aliphatic heterocycles. The molecule has 0 aromatic heterocycles. The highest BCUT2D eigenvalue weighted by Gasteiger charge is 1.94. The first kappa shape index (κ1) is 9.78. The van der Waals surface area contributed by atoms with Gasteiger partial charge in [0.25, 0.3) is 0 Å². The molecule has 0 aromatic rings. The van der Waals surface area contributed by atoms with Crippen LogP contribution in [0.2, 0.25) is 0 Å². The summed E-state index contributed by atoms with van der Waals surface area (Å²) in [6, 6.07) is 0. The second-order valence-corrected chi connectivity index (χ2v) is 3.93. The molecule has 0 heterocycles. The monoisotopic (exact) mass is 257 g/mol. The van der Waals surface area contributed by atoms with Gasteiger partial charge >= 0.3 is 0 Å². The molecular weight excluding hydrogens is 245 g/mol. The summed E-state index contributed by atoms with van der Waals surface area (Å²) in [6.45, 7) is 5.27. The summed E-state index contributed by atoms with van der Waals surface area (Å²) >= 11 is 2.28. The van der Waals surface area contributed by atoms with Gasteiger partial charge in [0.15, 0.2) is 0 Å². The first-order valence-electron chi connectivity index (χ1n) is 2.82. The number of rotatable bonds is 3. The Morgan fingerprint density at radius 3 is 2.67 bits per heavy atom. The van der Waals surface area contributed by atoms with Crippen LogP contribution in [-0.2, 0) is 0 Å². The van der Waals surface area contributed by atoms with Gasteiger partial charge in [0.2, 0.25) is 0 Å². The summed E-state index contributed by atoms with van der Waals surface area (Å²) in [5, 5.41) is 0. The number of halogens is 1. The summed E-state index contributed by atoms with van der Waals surface area (Å²) in [6.07, 6.45) is 2.14. The molecule has 0 bridgehead atoms. The van der Waals surface area contributed by atoms with Gasteiger partial charge in [-0.3, -0.25) is 0 Å². The lowest BCUT2D eigenvalue weighted by Gasteiger charge is -2.10. The van der Waals surface area contributed by atoms with E-state index in [0.29, 0.717) is 0 Å². The van der Waals surface area contributed by atoms with Crippen LogP contribution in [0.1, 0.15) is 13.8 Å². The molecule has 0 spiro atoms. The molecular formula is C6H12INS. The van der Waals surface area contributed by atoms with Crippen LogP contribution in [0.15, 0.2) is 11.6 Å². The van der Waals surface area contributed by atoms with Crippen LogP contribution < -0.4 is 0 Å². The summed E-state index contributed by atoms with van der Waals surface area (Å²) in [7, 11) is 3.82. The standard InChI is InChI=1S/C6H12INS/c1-4-6(2)5-8(3)9-7/h4H,5H2,1-3H3/b6-4-. The van der Waals surface area contributed by atoms with E-state index in [1.807, 2.05) is 0 Å². The highest BCUT2D eigenvalue weighted by Crippen LogP contribution is 2.16. The van der Waals surface area contributed by atoms with Crippen LogP contribution in [0.4, 0.5) is 0 Å². The van der Waals surface area contributed by atoms with E-state index in [1.165, 1.54) is 5.57 Å². The minimum Gasteiger partial charge on any atom is -0.241 e. The molecule has 0 radical (unpaired) electrons. The van der Waals surface area contributed by atoms with Crippen molar-refractivity contribution in [3.8, 4) is 0 Å². The fraction of sp³-hybridized carbons (Fsp3) is 0.667. The van der Waals surface area contributed by atoms with E-state index in [2.05, 4.69) is 52.5 Å². The molecule has 3 heteroatoms. The molecule has 54 valence electrons. The van der Waals surface area contributed by atoms with Gasteiger partial charge in [0.05, 0.1) is 0 Å². The SMILES string of the molecule is C/C=C(/C)CN(C)SI. The van der Waals surface area contributed by atoms with E-state index >= 15 is 0 Å². The van der Waals surface area contributed by atoms with Gasteiger partial charge in [-0.25, -0.2) is 4.31 Å². The molecule has 0 saturated heterocycles. The third kappa shape index (κ3) is 5.24. The number of likely N-dealkylation sites (N-methyl/N-ethyl adjacent to an activating group) is 1. The zero-order valence-corrected chi connectivity index (χ0v) is 8.99. The van der Waals surface area contributed by atoms with E-state index < -0.39 is 0 Å². The van der Waals surface area contributed by atoms with Crippen molar-refractivity contribution in [3.63, 3.8) is 0 Å². The van der Waals surface area contributed by atoms with Gasteiger partial charge in [-0.1, -0.05) is 11.6 Å². The predicted molar refractivity (Wildman–Crippen MR) is 53.7 cm³/mol. The zero-order chi connectivity index (χ0) is 7.28. The molecule has 0 N–H and O–H groups in total. The third-order valence-electron chi connectivity index (χ3n) is 1.08. The van der Waals surface area contributed by atoms with Crippen molar-refractivity contribution in [2.75, 3.05) is 13.6 Å². The fourth-order valence-corrected chi connectivity index (χ4v) is 1.14. The number of hydrogen-bond acceptors (Lipinski definition) is 2. The largest absolute Gasteiger partial charge is 0.241 e. The van der Waals surface area contributed by atoms with E-state index in [9.17, 15) is 0 Å². The van der Waals surface area contributed by atoms with E-state index in [4.69, 9.17) is 0 Å². The fourth-order valence-electron chi connectivity index (χ4n) is 0.467. The van der Waals surface area contributed by atoms with Crippen molar-refractivity contribution in [2.45, 2.75) is 13.8 Å². The van der Waals surface area contributed by atoms with E-state index in [-0.39, 0.29) is 0 Å². The van der Waals surface area contributed by atoms with Crippen LogP contribution >= 0.6 is 30.3 Å². The van der Waals surface area contributed by atoms with Crippen LogP contribution in [0.3, 0.4) is 0 Å². The molecule has 0 aliphatic rings. The van der Waals surface area contributed by atoms with Gasteiger partial charge in [0.1, 0.15) is 0 Å². The van der Waals surface area contributed by atoms with Crippen LogP contribution in [0, 0.1) is 0 Å². The number of nitrogens with zero attached hydrogens (tertiary/aromatic N) is 1. The molecule has 0 atom stereocenters. The lowest BCUT2D eigenvalue weighted by molar-refractivity contribution is 0.624. The highest BCUT2D eigenvalue weighted by molar-refractivity contribution is 14.2. The lowest BCUT2D eigenvalue weighted by Crippen LogP contribution is -2.08. The Balaban J connectivity index is 3.47. The summed E-state index contributed by atoms with van der Waals surface area (Å²) < 4.78 is 2.19. The molecule has 0 amide bonds. The summed E-state index contributed by atoms with van der Waals surface area (Å²) in [5.74, 6) is 0. The Labute approximate surface area is 73.6 Å². The van der Waals surface area contributed by atoms with E-state index in [1.54, 1.807) is 9.12 Å². The van der Waals surface area contributed by atoms with Crippen molar-refractivity contribution in [1.29, 1.82) is 0 Å². The van der Waals surface area contributed by atoms with Gasteiger partial charge < -0.3 is 0 Å². The quantitative estimate of drug-likeness (QED) is 0.434. The molecule has 0 rings (SSSR count). The first-order chi connectivity index (χ1) is 4.20. The molecule has 9 heavy (non-hydrogen) atoms. The van der Waals surface area contributed by atoms with E-state index in [0.717, 1.165) is 6.54 Å². The molecule has 0 aromatic carbocycles. The lowest BCUT2D eigenvalue weighted by atomic mass is 10.3. The maximum Gasteiger partial charge on any atom is 0.0301 e. The maximum absolute atomic E-state index is 2.28. The normalized spacial score (nSPS) is 12.8. The van der Waals surface area contributed by atoms with Crippen molar-refractivity contribution in [2.24, 2.45) is 0 Å². The first-order valence-corrected chi connectivity index (χ1v) is 6.14. The van der Waals surface area contributed by atoms with Crippen LogP contribution in [0.5, 0.6) is 0 Å². The van der Waals surface area contributed by atoms with Crippen molar-refractivity contribution in [1.82, 2.24) is 4.31 Å². The highest BCUT2D eigenvalue weighted by atomic mass is 127. The molecule has 0 unspecified atom stereocenters. The molecule has 0 saturated carbocycles. The molecule has 1 nitrogen and oxygen atoms in total. The predicted octanol–water partition coefficient (Wildman–Crippen LogP) is 2.88. The Morgan fingerprint density at radius 1 is 1.78 bits per heavy atom. The minimum atomic E-state index is 1.06. The molecule has 0 aliphatic carbocycles. The van der Waals surface area contributed by atoms with Crippen molar-refractivity contribution < 1.29 is 0 Å². The smallest absolute Gasteiger partial charge is 0.0301 e. The average Bonchev–Trinajstić information content (AvgIpc) is 1.87. The van der Waals surface area contributed by atoms with Gasteiger partial charge in [-0.2, -0.15) is 0 Å². The number of hydrogen-bond donors (Lipinski definition) is 0. The summed E-state index contributed by atoms with van der Waals surface area (Å²) in [5.41, 5.74) is 1.42. The van der Waals surface area contributed by atoms with Crippen molar-refractivity contribution >= 4 is 30.3 Å². The zero-order valence-electron chi connectivity index (χ0n) is 6.02. The number of allylic oxidation sites excluding steroid dienone is 1. The third-order valence-corrected chi connectivity index (χ3v) is 3.46. The average molecular weight is 257 g/mol. The second-order valence-electron chi connectivity index (χ2n) is 1.99.